The van der Waals surface area contributed by atoms with Gasteiger partial charge in [0.2, 0.25) is 18.0 Å². The lowest BCUT2D eigenvalue weighted by atomic mass is 9.83. The van der Waals surface area contributed by atoms with Gasteiger partial charge in [-0.2, -0.15) is 5.10 Å². The lowest BCUT2D eigenvalue weighted by molar-refractivity contribution is -0.158. The standard InChI is InChI=1S/C23H30ClN5O3/c1-22(2,3)19(27-21(31)23(11-4-5-12-23)28-13-10-18(28)30)20(29-15-25-14-26-29)32-17-8-6-16(24)7-9-17/h6-9,14-15,19-20H,4-5,10-13H2,1-3H3,(H,27,31)/t19-,20+/m1/s1. The number of amides is 2. The summed E-state index contributed by atoms with van der Waals surface area (Å²) in [5, 5.41) is 8.17. The number of benzene rings is 1. The summed E-state index contributed by atoms with van der Waals surface area (Å²) in [6.45, 7) is 6.77. The fourth-order valence-electron chi connectivity index (χ4n) is 4.61. The van der Waals surface area contributed by atoms with Crippen molar-refractivity contribution in [2.24, 2.45) is 5.41 Å². The highest BCUT2D eigenvalue weighted by Gasteiger charge is 2.52. The Balaban J connectivity index is 1.65. The number of carbonyl (C=O) groups excluding carboxylic acids is 2. The van der Waals surface area contributed by atoms with Crippen molar-refractivity contribution < 1.29 is 14.3 Å². The molecule has 2 heterocycles. The number of hydrogen-bond donors (Lipinski definition) is 1. The summed E-state index contributed by atoms with van der Waals surface area (Å²) in [4.78, 5) is 31.9. The lowest BCUT2D eigenvalue weighted by Crippen LogP contribution is -2.66. The van der Waals surface area contributed by atoms with E-state index in [9.17, 15) is 9.59 Å². The predicted molar refractivity (Wildman–Crippen MR) is 120 cm³/mol. The zero-order chi connectivity index (χ0) is 22.9. The number of β-lactam (4-membered cyclic amide) rings is 1. The SMILES string of the molecule is CC(C)(C)[C@H](NC(=O)C1(N2CCC2=O)CCCC1)[C@H](Oc1ccc(Cl)cc1)n1cncn1. The quantitative estimate of drug-likeness (QED) is 0.639. The largest absolute Gasteiger partial charge is 0.466 e. The van der Waals surface area contributed by atoms with Gasteiger partial charge in [-0.05, 0) is 42.5 Å². The van der Waals surface area contributed by atoms with Crippen LogP contribution < -0.4 is 10.1 Å². The van der Waals surface area contributed by atoms with Crippen LogP contribution in [0.25, 0.3) is 0 Å². The second-order valence-corrected chi connectivity index (χ2v) is 10.1. The minimum absolute atomic E-state index is 0.0552. The zero-order valence-electron chi connectivity index (χ0n) is 18.8. The van der Waals surface area contributed by atoms with Gasteiger partial charge in [0.15, 0.2) is 0 Å². The molecule has 1 N–H and O–H groups in total. The van der Waals surface area contributed by atoms with Gasteiger partial charge < -0.3 is 15.0 Å². The molecular formula is C23H30ClN5O3. The lowest BCUT2D eigenvalue weighted by Gasteiger charge is -2.47. The van der Waals surface area contributed by atoms with Crippen molar-refractivity contribution in [2.75, 3.05) is 6.54 Å². The molecule has 4 rings (SSSR count). The molecule has 1 aliphatic carbocycles. The molecule has 0 spiro atoms. The molecule has 0 bridgehead atoms. The fourth-order valence-corrected chi connectivity index (χ4v) is 4.74. The molecule has 2 fully saturated rings. The molecule has 1 aromatic heterocycles. The minimum Gasteiger partial charge on any atom is -0.466 e. The van der Waals surface area contributed by atoms with E-state index in [4.69, 9.17) is 16.3 Å². The third kappa shape index (κ3) is 4.33. The van der Waals surface area contributed by atoms with Gasteiger partial charge in [0, 0.05) is 18.0 Å². The predicted octanol–water partition coefficient (Wildman–Crippen LogP) is 3.59. The molecule has 2 atom stereocenters. The van der Waals surface area contributed by atoms with E-state index in [0.717, 1.165) is 12.8 Å². The Hall–Kier alpha value is -2.61. The Labute approximate surface area is 193 Å². The Morgan fingerprint density at radius 2 is 1.91 bits per heavy atom. The van der Waals surface area contributed by atoms with Crippen LogP contribution in [0.4, 0.5) is 0 Å². The van der Waals surface area contributed by atoms with Gasteiger partial charge in [-0.25, -0.2) is 9.67 Å². The molecule has 172 valence electrons. The third-order valence-electron chi connectivity index (χ3n) is 6.49. The first-order valence-corrected chi connectivity index (χ1v) is 11.5. The second-order valence-electron chi connectivity index (χ2n) is 9.69. The van der Waals surface area contributed by atoms with Crippen molar-refractivity contribution in [3.8, 4) is 5.75 Å². The van der Waals surface area contributed by atoms with E-state index in [1.165, 1.54) is 6.33 Å². The van der Waals surface area contributed by atoms with Crippen molar-refractivity contribution in [3.05, 3.63) is 41.9 Å². The number of halogens is 1. The van der Waals surface area contributed by atoms with E-state index >= 15 is 0 Å². The number of ether oxygens (including phenoxy) is 1. The van der Waals surface area contributed by atoms with E-state index in [0.29, 0.717) is 36.6 Å². The number of aromatic nitrogens is 3. The molecule has 32 heavy (non-hydrogen) atoms. The normalized spacial score (nSPS) is 19.9. The molecule has 1 saturated heterocycles. The van der Waals surface area contributed by atoms with Gasteiger partial charge in [-0.1, -0.05) is 45.2 Å². The van der Waals surface area contributed by atoms with Gasteiger partial charge in [-0.15, -0.1) is 0 Å². The van der Waals surface area contributed by atoms with Crippen LogP contribution >= 0.6 is 11.6 Å². The first kappa shape index (κ1) is 22.6. The van der Waals surface area contributed by atoms with Crippen molar-refractivity contribution in [1.82, 2.24) is 25.0 Å². The maximum absolute atomic E-state index is 13.8. The molecule has 8 nitrogen and oxygen atoms in total. The van der Waals surface area contributed by atoms with E-state index in [1.807, 2.05) is 20.8 Å². The molecule has 0 unspecified atom stereocenters. The van der Waals surface area contributed by atoms with Crippen LogP contribution in [-0.2, 0) is 9.59 Å². The summed E-state index contributed by atoms with van der Waals surface area (Å²) >= 11 is 6.03. The molecule has 2 aliphatic rings. The Morgan fingerprint density at radius 3 is 2.41 bits per heavy atom. The first-order chi connectivity index (χ1) is 15.2. The smallest absolute Gasteiger partial charge is 0.246 e. The average molecular weight is 460 g/mol. The average Bonchev–Trinajstić information content (AvgIpc) is 3.43. The highest BCUT2D eigenvalue weighted by Crippen LogP contribution is 2.40. The Bertz CT molecular complexity index is 949. The number of carbonyl (C=O) groups is 2. The topological polar surface area (TPSA) is 89.4 Å². The molecular weight excluding hydrogens is 430 g/mol. The van der Waals surface area contributed by atoms with Gasteiger partial charge >= 0.3 is 0 Å². The summed E-state index contributed by atoms with van der Waals surface area (Å²) in [7, 11) is 0. The van der Waals surface area contributed by atoms with Crippen molar-refractivity contribution >= 4 is 23.4 Å². The molecule has 2 amide bonds. The van der Waals surface area contributed by atoms with E-state index in [-0.39, 0.29) is 17.2 Å². The van der Waals surface area contributed by atoms with Crippen molar-refractivity contribution in [2.45, 2.75) is 70.7 Å². The third-order valence-corrected chi connectivity index (χ3v) is 6.74. The summed E-state index contributed by atoms with van der Waals surface area (Å²) in [6, 6.07) is 6.63. The van der Waals surface area contributed by atoms with Crippen LogP contribution in [0.1, 0.15) is 59.1 Å². The molecule has 0 radical (unpaired) electrons. The minimum atomic E-state index is -0.772. The molecule has 1 saturated carbocycles. The van der Waals surface area contributed by atoms with Crippen LogP contribution in [0.5, 0.6) is 5.75 Å². The van der Waals surface area contributed by atoms with Gasteiger partial charge in [0.05, 0.1) is 6.04 Å². The van der Waals surface area contributed by atoms with E-state index < -0.39 is 17.8 Å². The van der Waals surface area contributed by atoms with Gasteiger partial charge in [-0.3, -0.25) is 9.59 Å². The summed E-state index contributed by atoms with van der Waals surface area (Å²) in [5.74, 6) is 0.541. The Morgan fingerprint density at radius 1 is 1.22 bits per heavy atom. The second kappa shape index (κ2) is 8.73. The van der Waals surface area contributed by atoms with E-state index in [2.05, 4.69) is 15.4 Å². The highest BCUT2D eigenvalue weighted by molar-refractivity contribution is 6.30. The van der Waals surface area contributed by atoms with E-state index in [1.54, 1.807) is 40.2 Å². The van der Waals surface area contributed by atoms with Crippen LogP contribution in [0, 0.1) is 5.41 Å². The van der Waals surface area contributed by atoms with Crippen LogP contribution in [0.3, 0.4) is 0 Å². The number of hydrogen-bond acceptors (Lipinski definition) is 5. The van der Waals surface area contributed by atoms with Crippen molar-refractivity contribution in [3.63, 3.8) is 0 Å². The number of nitrogens with zero attached hydrogens (tertiary/aromatic N) is 4. The zero-order valence-corrected chi connectivity index (χ0v) is 19.5. The fraction of sp³-hybridized carbons (Fsp3) is 0.565. The molecule has 1 aliphatic heterocycles. The maximum Gasteiger partial charge on any atom is 0.246 e. The van der Waals surface area contributed by atoms with Crippen LogP contribution in [0.15, 0.2) is 36.9 Å². The molecule has 9 heteroatoms. The van der Waals surface area contributed by atoms with Crippen molar-refractivity contribution in [1.29, 1.82) is 0 Å². The van der Waals surface area contributed by atoms with Crippen LogP contribution in [-0.4, -0.2) is 49.6 Å². The summed E-state index contributed by atoms with van der Waals surface area (Å²) in [5.41, 5.74) is -1.15. The molecule has 1 aromatic carbocycles. The van der Waals surface area contributed by atoms with Crippen LogP contribution in [0.2, 0.25) is 5.02 Å². The summed E-state index contributed by atoms with van der Waals surface area (Å²) < 4.78 is 7.94. The highest BCUT2D eigenvalue weighted by atomic mass is 35.5. The Kier molecular flexibility index (Phi) is 6.16. The van der Waals surface area contributed by atoms with Gasteiger partial charge in [0.1, 0.15) is 23.9 Å². The monoisotopic (exact) mass is 459 g/mol. The molecule has 2 aromatic rings. The maximum atomic E-state index is 13.8. The number of rotatable bonds is 7. The number of likely N-dealkylation sites (tertiary alicyclic amines) is 1. The van der Waals surface area contributed by atoms with Gasteiger partial charge in [0.25, 0.3) is 0 Å². The number of nitrogens with one attached hydrogen (secondary N) is 1. The summed E-state index contributed by atoms with van der Waals surface area (Å²) in [6.07, 6.45) is 6.14. The first-order valence-electron chi connectivity index (χ1n) is 11.1.